The van der Waals surface area contributed by atoms with Crippen molar-refractivity contribution in [2.24, 2.45) is 0 Å². The minimum atomic E-state index is -0.562. The van der Waals surface area contributed by atoms with Gasteiger partial charge in [0.25, 0.3) is 0 Å². The molecule has 1 aromatic heterocycles. The Morgan fingerprint density at radius 1 is 0.943 bits per heavy atom. The maximum absolute atomic E-state index is 12.8. The van der Waals surface area contributed by atoms with Crippen LogP contribution in [0.2, 0.25) is 0 Å². The van der Waals surface area contributed by atoms with E-state index in [2.05, 4.69) is 25.9 Å². The van der Waals surface area contributed by atoms with Crippen LogP contribution in [0.4, 0.5) is 4.79 Å². The molecule has 2 aromatic carbocycles. The highest BCUT2D eigenvalue weighted by molar-refractivity contribution is 5.95. The lowest BCUT2D eigenvalue weighted by Crippen LogP contribution is -2.33. The molecule has 0 bridgehead atoms. The number of amides is 1. The van der Waals surface area contributed by atoms with Crippen molar-refractivity contribution in [3.8, 4) is 5.69 Å². The number of aromatic nitrogens is 3. The first kappa shape index (κ1) is 25.9. The van der Waals surface area contributed by atoms with E-state index in [0.717, 1.165) is 15.8 Å². The first-order chi connectivity index (χ1) is 16.2. The van der Waals surface area contributed by atoms with Crippen LogP contribution in [0.1, 0.15) is 63.0 Å². The maximum Gasteiger partial charge on any atom is 0.410 e. The van der Waals surface area contributed by atoms with Crippen LogP contribution in [-0.2, 0) is 23.2 Å². The Balaban J connectivity index is 1.68. The fourth-order valence-corrected chi connectivity index (χ4v) is 3.45. The van der Waals surface area contributed by atoms with E-state index in [1.165, 1.54) is 15.8 Å². The number of ether oxygens (including phenoxy) is 1. The number of carbonyl (C=O) groups is 2. The molecular formula is C27H34N4O4. The normalized spacial score (nSPS) is 11.9. The summed E-state index contributed by atoms with van der Waals surface area (Å²) in [7, 11) is 1.67. The third-order valence-electron chi connectivity index (χ3n) is 5.44. The van der Waals surface area contributed by atoms with Crippen molar-refractivity contribution in [3.05, 3.63) is 82.0 Å². The van der Waals surface area contributed by atoms with E-state index < -0.39 is 17.4 Å². The van der Waals surface area contributed by atoms with Crippen molar-refractivity contribution >= 4 is 11.9 Å². The van der Waals surface area contributed by atoms with E-state index in [4.69, 9.17) is 4.74 Å². The highest BCUT2D eigenvalue weighted by Crippen LogP contribution is 2.22. The summed E-state index contributed by atoms with van der Waals surface area (Å²) in [5.41, 5.74) is 2.21. The molecule has 0 saturated carbocycles. The van der Waals surface area contributed by atoms with Crippen molar-refractivity contribution < 1.29 is 14.3 Å². The fourth-order valence-electron chi connectivity index (χ4n) is 3.45. The number of benzene rings is 2. The Bertz CT molecular complexity index is 1240. The Kier molecular flexibility index (Phi) is 7.33. The van der Waals surface area contributed by atoms with E-state index in [1.807, 2.05) is 45.0 Å². The number of hydrogen-bond donors (Lipinski definition) is 0. The van der Waals surface area contributed by atoms with Gasteiger partial charge in [-0.1, -0.05) is 57.2 Å². The molecule has 0 fully saturated rings. The van der Waals surface area contributed by atoms with Gasteiger partial charge in [0.1, 0.15) is 18.5 Å². The first-order valence-corrected chi connectivity index (χ1v) is 11.6. The van der Waals surface area contributed by atoms with E-state index in [9.17, 15) is 14.4 Å². The van der Waals surface area contributed by atoms with E-state index in [-0.39, 0.29) is 17.7 Å². The zero-order chi connectivity index (χ0) is 26.0. The first-order valence-electron chi connectivity index (χ1n) is 11.6. The third-order valence-corrected chi connectivity index (χ3v) is 5.44. The minimum absolute atomic E-state index is 0.00200. The molecule has 3 rings (SSSR count). The molecule has 0 radical (unpaired) electrons. The van der Waals surface area contributed by atoms with Crippen LogP contribution in [-0.4, -0.2) is 43.8 Å². The predicted octanol–water partition coefficient (Wildman–Crippen LogP) is 4.58. The topological polar surface area (TPSA) is 86.4 Å². The quantitative estimate of drug-likeness (QED) is 0.484. The van der Waals surface area contributed by atoms with Gasteiger partial charge in [-0.25, -0.2) is 18.8 Å². The molecule has 0 aliphatic heterocycles. The lowest BCUT2D eigenvalue weighted by molar-refractivity contribution is 0.0285. The summed E-state index contributed by atoms with van der Waals surface area (Å²) in [6.45, 7) is 12.0. The largest absolute Gasteiger partial charge is 0.444 e. The lowest BCUT2D eigenvalue weighted by Gasteiger charge is -2.24. The average Bonchev–Trinajstić information content (AvgIpc) is 3.12. The molecule has 0 saturated heterocycles. The van der Waals surface area contributed by atoms with Gasteiger partial charge in [0, 0.05) is 19.2 Å². The van der Waals surface area contributed by atoms with Crippen molar-refractivity contribution in [1.29, 1.82) is 0 Å². The zero-order valence-electron chi connectivity index (χ0n) is 21.5. The molecule has 1 heterocycles. The van der Waals surface area contributed by atoms with Crippen LogP contribution in [0.25, 0.3) is 5.69 Å². The van der Waals surface area contributed by atoms with Crippen LogP contribution < -0.4 is 5.69 Å². The van der Waals surface area contributed by atoms with Gasteiger partial charge < -0.3 is 9.64 Å². The molecule has 8 heteroatoms. The Hall–Kier alpha value is -3.68. The number of hydrogen-bond acceptors (Lipinski definition) is 5. The number of nitrogens with zero attached hydrogens (tertiary/aromatic N) is 4. The minimum Gasteiger partial charge on any atom is -0.444 e. The summed E-state index contributed by atoms with van der Waals surface area (Å²) in [6.07, 6.45) is 0.997. The predicted molar refractivity (Wildman–Crippen MR) is 135 cm³/mol. The molecule has 35 heavy (non-hydrogen) atoms. The van der Waals surface area contributed by atoms with Gasteiger partial charge in [-0.2, -0.15) is 5.10 Å². The lowest BCUT2D eigenvalue weighted by atomic mass is 9.86. The van der Waals surface area contributed by atoms with Gasteiger partial charge in [0.2, 0.25) is 0 Å². The molecule has 8 nitrogen and oxygen atoms in total. The van der Waals surface area contributed by atoms with Crippen molar-refractivity contribution in [2.75, 3.05) is 7.05 Å². The van der Waals surface area contributed by atoms with Gasteiger partial charge in [-0.05, 0) is 49.4 Å². The zero-order valence-corrected chi connectivity index (χ0v) is 21.5. The van der Waals surface area contributed by atoms with Crippen LogP contribution in [0.3, 0.4) is 0 Å². The Morgan fingerprint density at radius 2 is 1.54 bits per heavy atom. The molecule has 0 aliphatic carbocycles. The molecule has 186 valence electrons. The summed E-state index contributed by atoms with van der Waals surface area (Å²) in [5.74, 6) is -0.182. The molecule has 1 amide bonds. The summed E-state index contributed by atoms with van der Waals surface area (Å²) in [4.78, 5) is 39.2. The van der Waals surface area contributed by atoms with Gasteiger partial charge in [-0.15, -0.1) is 0 Å². The Morgan fingerprint density at radius 3 is 2.09 bits per heavy atom. The fraction of sp³-hybridized carbons (Fsp3) is 0.407. The molecule has 0 unspecified atom stereocenters. The summed E-state index contributed by atoms with van der Waals surface area (Å²) in [5, 5.41) is 4.12. The van der Waals surface area contributed by atoms with Gasteiger partial charge in [0.15, 0.2) is 5.78 Å². The summed E-state index contributed by atoms with van der Waals surface area (Å²) in [6, 6.07) is 14.7. The molecule has 0 spiro atoms. The highest BCUT2D eigenvalue weighted by Gasteiger charge is 2.20. The van der Waals surface area contributed by atoms with Gasteiger partial charge in [0.05, 0.1) is 5.69 Å². The smallest absolute Gasteiger partial charge is 0.410 e. The van der Waals surface area contributed by atoms with Crippen molar-refractivity contribution in [3.63, 3.8) is 0 Å². The Labute approximate surface area is 206 Å². The second-order valence-electron chi connectivity index (χ2n) is 10.7. The van der Waals surface area contributed by atoms with Crippen LogP contribution >= 0.6 is 0 Å². The third kappa shape index (κ3) is 6.68. The standard InChI is InChI=1S/C27H34N4O4/c1-26(2,3)21-12-10-20(11-13-21)23(32)17-31-24(33)30(18-28-31)22-14-8-19(9-15-22)16-29(7)25(34)35-27(4,5)6/h8-15,18H,16-17H2,1-7H3. The molecular weight excluding hydrogens is 444 g/mol. The highest BCUT2D eigenvalue weighted by atomic mass is 16.6. The van der Waals surface area contributed by atoms with Crippen LogP contribution in [0, 0.1) is 0 Å². The molecule has 0 atom stereocenters. The molecule has 0 N–H and O–H groups in total. The van der Waals surface area contributed by atoms with Crippen molar-refractivity contribution in [1.82, 2.24) is 19.2 Å². The average molecular weight is 479 g/mol. The van der Waals surface area contributed by atoms with E-state index >= 15 is 0 Å². The second kappa shape index (κ2) is 9.90. The molecule has 3 aromatic rings. The van der Waals surface area contributed by atoms with Crippen LogP contribution in [0.5, 0.6) is 0 Å². The molecule has 0 aliphatic rings. The number of ketones is 1. The van der Waals surface area contributed by atoms with E-state index in [1.54, 1.807) is 31.3 Å². The number of rotatable bonds is 6. The van der Waals surface area contributed by atoms with Crippen LogP contribution in [0.15, 0.2) is 59.7 Å². The number of Topliss-reactive ketones (excluding diaryl/α,β-unsaturated/α-hetero) is 1. The monoisotopic (exact) mass is 478 g/mol. The number of carbonyl (C=O) groups excluding carboxylic acids is 2. The van der Waals surface area contributed by atoms with Gasteiger partial charge >= 0.3 is 11.8 Å². The van der Waals surface area contributed by atoms with Gasteiger partial charge in [-0.3, -0.25) is 4.79 Å². The SMILES string of the molecule is CN(Cc1ccc(-n2cnn(CC(=O)c3ccc(C(C)(C)C)cc3)c2=O)cc1)C(=O)OC(C)(C)C. The van der Waals surface area contributed by atoms with E-state index in [0.29, 0.717) is 17.8 Å². The summed E-state index contributed by atoms with van der Waals surface area (Å²) >= 11 is 0. The summed E-state index contributed by atoms with van der Waals surface area (Å²) < 4.78 is 7.91. The maximum atomic E-state index is 12.8. The van der Waals surface area contributed by atoms with Crippen molar-refractivity contribution in [2.45, 2.75) is 65.6 Å². The second-order valence-corrected chi connectivity index (χ2v) is 10.7.